The van der Waals surface area contributed by atoms with Crippen LogP contribution in [0.15, 0.2) is 34.8 Å². The molecule has 0 bridgehead atoms. The largest absolute Gasteiger partial charge is 0.493 e. The molecule has 1 saturated carbocycles. The molecule has 2 amide bonds. The minimum absolute atomic E-state index is 0.0487. The summed E-state index contributed by atoms with van der Waals surface area (Å²) < 4.78 is 39.4. The fourth-order valence-electron chi connectivity index (χ4n) is 5.39. The number of likely N-dealkylation sites (tertiary alicyclic amines) is 1. The van der Waals surface area contributed by atoms with Gasteiger partial charge in [0.15, 0.2) is 23.1 Å². The fourth-order valence-corrected chi connectivity index (χ4v) is 5.79. The molecule has 178 valence electrons. The van der Waals surface area contributed by atoms with E-state index in [2.05, 4.69) is 50.6 Å². The summed E-state index contributed by atoms with van der Waals surface area (Å²) in [5.41, 5.74) is 0.702. The van der Waals surface area contributed by atoms with Crippen LogP contribution in [0.5, 0.6) is 11.5 Å². The van der Waals surface area contributed by atoms with Crippen LogP contribution in [0.2, 0.25) is 0 Å². The molecular weight excluding hydrogens is 496 g/mol. The van der Waals surface area contributed by atoms with Crippen LogP contribution in [0.3, 0.4) is 0 Å². The first-order valence-electron chi connectivity index (χ1n) is 10.9. The Labute approximate surface area is 200 Å². The average Bonchev–Trinajstić information content (AvgIpc) is 3.13. The molecule has 1 heterocycles. The predicted molar refractivity (Wildman–Crippen MR) is 126 cm³/mol. The molecule has 1 saturated heterocycles. The topological polar surface area (TPSA) is 62.8 Å². The van der Waals surface area contributed by atoms with Gasteiger partial charge in [-0.15, -0.1) is 0 Å². The first kappa shape index (κ1) is 23.8. The monoisotopic (exact) mass is 523 g/mol. The van der Waals surface area contributed by atoms with Crippen molar-refractivity contribution in [2.75, 3.05) is 33.1 Å². The van der Waals surface area contributed by atoms with Gasteiger partial charge in [0.05, 0.1) is 14.2 Å². The minimum Gasteiger partial charge on any atom is -0.493 e. The molecule has 2 aliphatic rings. The highest BCUT2D eigenvalue weighted by molar-refractivity contribution is 9.10. The van der Waals surface area contributed by atoms with E-state index in [1.54, 1.807) is 14.2 Å². The Hall–Kier alpha value is -2.39. The van der Waals surface area contributed by atoms with Gasteiger partial charge in [-0.05, 0) is 69.1 Å². The zero-order valence-electron chi connectivity index (χ0n) is 18.9. The van der Waals surface area contributed by atoms with Crippen molar-refractivity contribution in [2.24, 2.45) is 0 Å². The highest BCUT2D eigenvalue weighted by Crippen LogP contribution is 2.49. The molecule has 4 rings (SSSR count). The molecule has 0 unspecified atom stereocenters. The maximum absolute atomic E-state index is 14.1. The SMILES string of the molecule is COc1ccc([C@@]23CC[C@H](NC(=O)Nc4c(F)cc(Br)cc4F)C[C@H]2N(C)CC3)cc1OC. The van der Waals surface area contributed by atoms with Gasteiger partial charge >= 0.3 is 6.03 Å². The van der Waals surface area contributed by atoms with Crippen LogP contribution in [-0.4, -0.2) is 50.8 Å². The normalized spacial score (nSPS) is 24.8. The Morgan fingerprint density at radius 3 is 2.48 bits per heavy atom. The van der Waals surface area contributed by atoms with E-state index in [0.29, 0.717) is 11.5 Å². The molecule has 1 aliphatic heterocycles. The lowest BCUT2D eigenvalue weighted by Gasteiger charge is -2.45. The Morgan fingerprint density at radius 1 is 1.12 bits per heavy atom. The van der Waals surface area contributed by atoms with Crippen molar-refractivity contribution < 1.29 is 23.0 Å². The number of methoxy groups -OCH3 is 2. The highest BCUT2D eigenvalue weighted by Gasteiger charge is 2.50. The van der Waals surface area contributed by atoms with Gasteiger partial charge in [-0.2, -0.15) is 0 Å². The number of carbonyl (C=O) groups is 1. The lowest BCUT2D eigenvalue weighted by Crippen LogP contribution is -2.52. The number of urea groups is 1. The number of nitrogens with one attached hydrogen (secondary N) is 2. The number of anilines is 1. The van der Waals surface area contributed by atoms with Crippen molar-refractivity contribution in [1.29, 1.82) is 0 Å². The lowest BCUT2D eigenvalue weighted by atomic mass is 9.65. The molecule has 9 heteroatoms. The van der Waals surface area contributed by atoms with E-state index in [1.807, 2.05) is 6.07 Å². The summed E-state index contributed by atoms with van der Waals surface area (Å²) in [6.45, 7) is 0.952. The van der Waals surface area contributed by atoms with Gasteiger partial charge in [0.2, 0.25) is 0 Å². The molecule has 3 atom stereocenters. The molecule has 6 nitrogen and oxygen atoms in total. The Morgan fingerprint density at radius 2 is 1.82 bits per heavy atom. The number of halogens is 3. The van der Waals surface area contributed by atoms with Crippen LogP contribution in [0.1, 0.15) is 31.2 Å². The maximum Gasteiger partial charge on any atom is 0.319 e. The first-order chi connectivity index (χ1) is 15.8. The number of rotatable bonds is 5. The smallest absolute Gasteiger partial charge is 0.319 e. The quantitative estimate of drug-likeness (QED) is 0.574. The standard InChI is InChI=1S/C24H28BrF2N3O3/c1-30-9-8-24(14-4-5-19(32-2)20(10-14)33-3)7-6-16(13-21(24)30)28-23(31)29-22-17(26)11-15(25)12-18(22)27/h4-5,10-12,16,21H,6-9,13H2,1-3H3,(H2,28,29,31)/t16-,21+,24-/m0/s1. The van der Waals surface area contributed by atoms with Crippen LogP contribution in [-0.2, 0) is 5.41 Å². The van der Waals surface area contributed by atoms with Gasteiger partial charge in [-0.1, -0.05) is 22.0 Å². The van der Waals surface area contributed by atoms with Crippen LogP contribution in [0, 0.1) is 11.6 Å². The fraction of sp³-hybridized carbons (Fsp3) is 0.458. The maximum atomic E-state index is 14.1. The van der Waals surface area contributed by atoms with Crippen LogP contribution in [0.25, 0.3) is 0 Å². The second-order valence-corrected chi connectivity index (χ2v) is 9.70. The number of likely N-dealkylation sites (N-methyl/N-ethyl adjacent to an activating group) is 1. The lowest BCUT2D eigenvalue weighted by molar-refractivity contribution is 0.156. The van der Waals surface area contributed by atoms with E-state index in [4.69, 9.17) is 9.47 Å². The second kappa shape index (κ2) is 9.46. The summed E-state index contributed by atoms with van der Waals surface area (Å²) >= 11 is 3.04. The molecule has 0 spiro atoms. The first-order valence-corrected chi connectivity index (χ1v) is 11.7. The Bertz CT molecular complexity index is 1030. The van der Waals surface area contributed by atoms with Gasteiger partial charge in [0, 0.05) is 22.0 Å². The summed E-state index contributed by atoms with van der Waals surface area (Å²) in [5.74, 6) is -0.261. The van der Waals surface area contributed by atoms with Crippen molar-refractivity contribution in [3.05, 3.63) is 52.0 Å². The molecule has 2 aromatic carbocycles. The van der Waals surface area contributed by atoms with E-state index >= 15 is 0 Å². The van der Waals surface area contributed by atoms with Crippen LogP contribution in [0.4, 0.5) is 19.3 Å². The van der Waals surface area contributed by atoms with Crippen LogP contribution >= 0.6 is 15.9 Å². The average molecular weight is 524 g/mol. The Balaban J connectivity index is 1.49. The van der Waals surface area contributed by atoms with Gasteiger partial charge in [-0.25, -0.2) is 13.6 Å². The van der Waals surface area contributed by atoms with Gasteiger partial charge < -0.3 is 25.0 Å². The van der Waals surface area contributed by atoms with Crippen LogP contribution < -0.4 is 20.1 Å². The number of amides is 2. The van der Waals surface area contributed by atoms with E-state index in [1.165, 1.54) is 5.56 Å². The van der Waals surface area contributed by atoms with Crippen molar-refractivity contribution in [3.63, 3.8) is 0 Å². The number of carbonyl (C=O) groups excluding carboxylic acids is 1. The summed E-state index contributed by atoms with van der Waals surface area (Å²) in [5, 5.41) is 5.24. The van der Waals surface area contributed by atoms with Crippen molar-refractivity contribution in [1.82, 2.24) is 10.2 Å². The van der Waals surface area contributed by atoms with E-state index in [0.717, 1.165) is 44.4 Å². The number of benzene rings is 2. The van der Waals surface area contributed by atoms with Gasteiger partial charge in [-0.3, -0.25) is 0 Å². The van der Waals surface area contributed by atoms with Crippen molar-refractivity contribution in [3.8, 4) is 11.5 Å². The van der Waals surface area contributed by atoms with E-state index in [9.17, 15) is 13.6 Å². The van der Waals surface area contributed by atoms with Gasteiger partial charge in [0.1, 0.15) is 5.69 Å². The molecule has 1 aliphatic carbocycles. The Kier molecular flexibility index (Phi) is 6.81. The summed E-state index contributed by atoms with van der Waals surface area (Å²) in [6.07, 6.45) is 3.39. The third-order valence-corrected chi connectivity index (χ3v) is 7.52. The summed E-state index contributed by atoms with van der Waals surface area (Å²) in [6, 6.07) is 7.84. The highest BCUT2D eigenvalue weighted by atomic mass is 79.9. The minimum atomic E-state index is -0.830. The molecule has 2 aromatic rings. The third kappa shape index (κ3) is 4.53. The molecule has 2 fully saturated rings. The number of hydrogen-bond donors (Lipinski definition) is 2. The number of fused-ring (bicyclic) bond motifs is 1. The van der Waals surface area contributed by atoms with E-state index in [-0.39, 0.29) is 22.0 Å². The number of hydrogen-bond acceptors (Lipinski definition) is 4. The van der Waals surface area contributed by atoms with Crippen molar-refractivity contribution >= 4 is 27.6 Å². The number of ether oxygens (including phenoxy) is 2. The second-order valence-electron chi connectivity index (χ2n) is 8.79. The predicted octanol–water partition coefficient (Wildman–Crippen LogP) is 5.06. The zero-order valence-corrected chi connectivity index (χ0v) is 20.5. The molecular formula is C24H28BrF2N3O3. The molecule has 0 aromatic heterocycles. The zero-order chi connectivity index (χ0) is 23.8. The molecule has 2 N–H and O–H groups in total. The summed E-state index contributed by atoms with van der Waals surface area (Å²) in [7, 11) is 5.35. The van der Waals surface area contributed by atoms with Gasteiger partial charge in [0.25, 0.3) is 0 Å². The molecule has 33 heavy (non-hydrogen) atoms. The number of nitrogens with zero attached hydrogens (tertiary/aromatic N) is 1. The third-order valence-electron chi connectivity index (χ3n) is 7.07. The molecule has 0 radical (unpaired) electrons. The van der Waals surface area contributed by atoms with E-state index < -0.39 is 23.4 Å². The summed E-state index contributed by atoms with van der Waals surface area (Å²) in [4.78, 5) is 14.9. The van der Waals surface area contributed by atoms with Crippen molar-refractivity contribution in [2.45, 2.75) is 43.2 Å².